The Kier molecular flexibility index (Phi) is 5.48. The van der Waals surface area contributed by atoms with E-state index in [4.69, 9.17) is 4.74 Å². The summed E-state index contributed by atoms with van der Waals surface area (Å²) in [6, 6.07) is 7.99. The van der Waals surface area contributed by atoms with E-state index in [0.717, 1.165) is 12.2 Å². The largest absolute Gasteiger partial charge is 0.491 e. The Morgan fingerprint density at radius 2 is 1.94 bits per heavy atom. The van der Waals surface area contributed by atoms with E-state index in [0.29, 0.717) is 6.54 Å². The van der Waals surface area contributed by atoms with Crippen LogP contribution in [0.4, 0.5) is 4.79 Å². The van der Waals surface area contributed by atoms with Crippen LogP contribution in [0, 0.1) is 0 Å². The van der Waals surface area contributed by atoms with E-state index in [1.807, 2.05) is 38.1 Å². The quantitative estimate of drug-likeness (QED) is 0.615. The van der Waals surface area contributed by atoms with E-state index in [9.17, 15) is 4.79 Å². The van der Waals surface area contributed by atoms with Crippen LogP contribution in [0.25, 0.3) is 0 Å². The summed E-state index contributed by atoms with van der Waals surface area (Å²) in [6.07, 6.45) is 1.04. The van der Waals surface area contributed by atoms with Crippen LogP contribution in [0.5, 0.6) is 5.75 Å². The topological polar surface area (TPSA) is 29.5 Å². The first-order valence-corrected chi connectivity index (χ1v) is 6.44. The van der Waals surface area contributed by atoms with Gasteiger partial charge >= 0.3 is 0 Å². The van der Waals surface area contributed by atoms with Gasteiger partial charge in [0.25, 0.3) is 4.82 Å². The summed E-state index contributed by atoms with van der Waals surface area (Å²) in [7, 11) is 1.77. The van der Waals surface area contributed by atoms with Gasteiger partial charge in [0, 0.05) is 29.5 Å². The molecule has 0 aliphatic heterocycles. The van der Waals surface area contributed by atoms with E-state index in [-0.39, 0.29) is 10.9 Å². The molecule has 4 heteroatoms. The van der Waals surface area contributed by atoms with Crippen LogP contribution in [0.15, 0.2) is 24.3 Å². The molecule has 1 aromatic carbocycles. The van der Waals surface area contributed by atoms with Crippen molar-refractivity contribution in [2.45, 2.75) is 26.4 Å². The maximum absolute atomic E-state index is 11.0. The number of likely N-dealkylation sites (N-methyl/N-ethyl adjacent to an activating group) is 1. The molecule has 0 saturated heterocycles. The molecule has 0 bridgehead atoms. The van der Waals surface area contributed by atoms with Crippen LogP contribution >= 0.6 is 15.9 Å². The highest BCUT2D eigenvalue weighted by Gasteiger charge is 2.04. The van der Waals surface area contributed by atoms with Crippen LogP contribution in [0.1, 0.15) is 19.4 Å². The molecule has 0 aliphatic rings. The number of hydrogen-bond donors (Lipinski definition) is 0. The number of carbonyl (C=O) groups excluding carboxylic acids is 1. The van der Waals surface area contributed by atoms with E-state index in [1.54, 1.807) is 11.9 Å². The number of rotatable bonds is 5. The summed E-state index contributed by atoms with van der Waals surface area (Å²) >= 11 is 2.92. The van der Waals surface area contributed by atoms with Gasteiger partial charge in [-0.3, -0.25) is 4.79 Å². The fraction of sp³-hybridized carbons (Fsp3) is 0.462. The first-order valence-electron chi connectivity index (χ1n) is 5.65. The zero-order valence-corrected chi connectivity index (χ0v) is 12.0. The molecule has 0 radical (unpaired) electrons. The van der Waals surface area contributed by atoms with Gasteiger partial charge in [-0.15, -0.1) is 0 Å². The third-order valence-electron chi connectivity index (χ3n) is 2.33. The molecular weight excluding hydrogens is 282 g/mol. The lowest BCUT2D eigenvalue weighted by Gasteiger charge is -2.14. The molecule has 1 amide bonds. The lowest BCUT2D eigenvalue weighted by molar-refractivity contribution is 0.235. The standard InChI is InChI=1S/C13H18BrNO2/c1-10(2)17-12-6-4-11(5-7-12)8-9-15(3)13(14)16/h4-7,10H,8-9H2,1-3H3. The lowest BCUT2D eigenvalue weighted by Crippen LogP contribution is -2.23. The van der Waals surface area contributed by atoms with Gasteiger partial charge in [-0.2, -0.15) is 0 Å². The van der Waals surface area contributed by atoms with Crippen LogP contribution < -0.4 is 4.74 Å². The number of nitrogens with zero attached hydrogens (tertiary/aromatic N) is 1. The van der Waals surface area contributed by atoms with Crippen molar-refractivity contribution in [1.29, 1.82) is 0 Å². The molecule has 0 aliphatic carbocycles. The molecule has 94 valence electrons. The first kappa shape index (κ1) is 14.0. The number of carbonyl (C=O) groups is 1. The molecule has 0 spiro atoms. The predicted octanol–water partition coefficient (Wildman–Crippen LogP) is 3.46. The van der Waals surface area contributed by atoms with Gasteiger partial charge in [-0.05, 0) is 38.0 Å². The minimum atomic E-state index is -0.0859. The van der Waals surface area contributed by atoms with Crippen LogP contribution in [-0.2, 0) is 6.42 Å². The van der Waals surface area contributed by atoms with Gasteiger partial charge in [0.2, 0.25) is 0 Å². The van der Waals surface area contributed by atoms with Gasteiger partial charge in [0.15, 0.2) is 0 Å². The third kappa shape index (κ3) is 5.22. The highest BCUT2D eigenvalue weighted by atomic mass is 79.9. The second kappa shape index (κ2) is 6.64. The number of benzene rings is 1. The van der Waals surface area contributed by atoms with Gasteiger partial charge in [0.1, 0.15) is 5.75 Å². The van der Waals surface area contributed by atoms with Gasteiger partial charge < -0.3 is 9.64 Å². The second-order valence-electron chi connectivity index (χ2n) is 4.24. The smallest absolute Gasteiger partial charge is 0.289 e. The Balaban J connectivity index is 2.48. The molecular formula is C13H18BrNO2. The van der Waals surface area contributed by atoms with Crippen LogP contribution in [0.2, 0.25) is 0 Å². The Morgan fingerprint density at radius 3 is 2.41 bits per heavy atom. The van der Waals surface area contributed by atoms with E-state index in [2.05, 4.69) is 15.9 Å². The van der Waals surface area contributed by atoms with Crippen molar-refractivity contribution in [2.75, 3.05) is 13.6 Å². The Labute approximate surface area is 111 Å². The van der Waals surface area contributed by atoms with Gasteiger partial charge in [-0.1, -0.05) is 12.1 Å². The average molecular weight is 300 g/mol. The molecule has 0 fully saturated rings. The van der Waals surface area contributed by atoms with Crippen molar-refractivity contribution >= 4 is 20.7 Å². The van der Waals surface area contributed by atoms with Gasteiger partial charge in [0.05, 0.1) is 6.10 Å². The SMILES string of the molecule is CC(C)Oc1ccc(CCN(C)C(=O)Br)cc1. The maximum Gasteiger partial charge on any atom is 0.289 e. The predicted molar refractivity (Wildman–Crippen MR) is 72.9 cm³/mol. The van der Waals surface area contributed by atoms with Crippen molar-refractivity contribution in [2.24, 2.45) is 0 Å². The lowest BCUT2D eigenvalue weighted by atomic mass is 10.1. The minimum absolute atomic E-state index is 0.0859. The fourth-order valence-corrected chi connectivity index (χ4v) is 1.57. The summed E-state index contributed by atoms with van der Waals surface area (Å²) in [4.78, 5) is 12.5. The summed E-state index contributed by atoms with van der Waals surface area (Å²) in [5.74, 6) is 0.883. The molecule has 0 atom stereocenters. The minimum Gasteiger partial charge on any atom is -0.491 e. The Morgan fingerprint density at radius 1 is 1.35 bits per heavy atom. The van der Waals surface area contributed by atoms with E-state index in [1.165, 1.54) is 5.56 Å². The molecule has 1 rings (SSSR count). The maximum atomic E-state index is 11.0. The van der Waals surface area contributed by atoms with Crippen LogP contribution in [0.3, 0.4) is 0 Å². The third-order valence-corrected chi connectivity index (χ3v) is 2.94. The first-order chi connectivity index (χ1) is 7.99. The summed E-state index contributed by atoms with van der Waals surface area (Å²) < 4.78 is 5.56. The average Bonchev–Trinajstić information content (AvgIpc) is 2.26. The molecule has 0 aromatic heterocycles. The number of ether oxygens (including phenoxy) is 1. The molecule has 1 aromatic rings. The van der Waals surface area contributed by atoms with Crippen LogP contribution in [-0.4, -0.2) is 29.4 Å². The van der Waals surface area contributed by atoms with Crippen molar-refractivity contribution in [3.05, 3.63) is 29.8 Å². The second-order valence-corrected chi connectivity index (χ2v) is 4.91. The number of amides is 1. The highest BCUT2D eigenvalue weighted by Crippen LogP contribution is 2.14. The van der Waals surface area contributed by atoms with Crippen molar-refractivity contribution in [3.8, 4) is 5.75 Å². The van der Waals surface area contributed by atoms with Gasteiger partial charge in [-0.25, -0.2) is 0 Å². The highest BCUT2D eigenvalue weighted by molar-refractivity contribution is 9.18. The van der Waals surface area contributed by atoms with E-state index >= 15 is 0 Å². The number of halogens is 1. The summed E-state index contributed by atoms with van der Waals surface area (Å²) in [5, 5.41) is 0. The fourth-order valence-electron chi connectivity index (χ4n) is 1.39. The molecule has 0 N–H and O–H groups in total. The monoisotopic (exact) mass is 299 g/mol. The molecule has 0 saturated carbocycles. The van der Waals surface area contributed by atoms with E-state index < -0.39 is 0 Å². The zero-order chi connectivity index (χ0) is 12.8. The molecule has 17 heavy (non-hydrogen) atoms. The van der Waals surface area contributed by atoms with Crippen molar-refractivity contribution in [1.82, 2.24) is 4.90 Å². The summed E-state index contributed by atoms with van der Waals surface area (Å²) in [6.45, 7) is 4.71. The van der Waals surface area contributed by atoms with Crippen molar-refractivity contribution in [3.63, 3.8) is 0 Å². The molecule has 3 nitrogen and oxygen atoms in total. The van der Waals surface area contributed by atoms with Crippen molar-refractivity contribution < 1.29 is 9.53 Å². The Hall–Kier alpha value is -1.03. The molecule has 0 heterocycles. The normalized spacial score (nSPS) is 10.4. The molecule has 0 unspecified atom stereocenters. The Bertz CT molecular complexity index is 362. The zero-order valence-electron chi connectivity index (χ0n) is 10.4. The number of hydrogen-bond acceptors (Lipinski definition) is 2. The summed E-state index contributed by atoms with van der Waals surface area (Å²) in [5.41, 5.74) is 1.20.